The van der Waals surface area contributed by atoms with E-state index in [0.717, 1.165) is 30.8 Å². The van der Waals surface area contributed by atoms with E-state index in [1.54, 1.807) is 6.07 Å². The van der Waals surface area contributed by atoms with Crippen LogP contribution in [0.15, 0.2) is 36.7 Å². The van der Waals surface area contributed by atoms with E-state index in [9.17, 15) is 9.50 Å². The first-order valence-corrected chi connectivity index (χ1v) is 8.35. The molecule has 1 N–H and O–H groups in total. The third kappa shape index (κ3) is 4.01. The number of aliphatic hydroxyl groups is 1. The summed E-state index contributed by atoms with van der Waals surface area (Å²) in [5.41, 5.74) is 1.30. The molecule has 1 atom stereocenters. The van der Waals surface area contributed by atoms with Crippen molar-refractivity contribution in [1.82, 2.24) is 14.7 Å². The molecule has 1 aromatic heterocycles. The van der Waals surface area contributed by atoms with E-state index in [4.69, 9.17) is 4.74 Å². The van der Waals surface area contributed by atoms with Crippen molar-refractivity contribution in [2.75, 3.05) is 26.3 Å². The summed E-state index contributed by atoms with van der Waals surface area (Å²) in [5.74, 6) is -0.264. The smallest absolute Gasteiger partial charge is 0.123 e. The standard InChI is InChI=1S/C18H24FN3O2/c1-2-22-12-16(10-20-22)11-21-6-7-24-18(13-21,14-23)9-15-4-3-5-17(19)8-15/h3-5,8,10,12,23H,2,6-7,9,11,13-14H2,1H3. The Kier molecular flexibility index (Phi) is 5.28. The van der Waals surface area contributed by atoms with Gasteiger partial charge in [-0.05, 0) is 24.6 Å². The molecule has 1 saturated heterocycles. The van der Waals surface area contributed by atoms with Crippen LogP contribution in [-0.4, -0.2) is 51.7 Å². The molecule has 1 aliphatic rings. The predicted molar refractivity (Wildman–Crippen MR) is 89.1 cm³/mol. The Labute approximate surface area is 141 Å². The van der Waals surface area contributed by atoms with Crippen molar-refractivity contribution in [3.63, 3.8) is 0 Å². The highest BCUT2D eigenvalue weighted by Gasteiger charge is 2.36. The Morgan fingerprint density at radius 2 is 2.25 bits per heavy atom. The number of rotatable bonds is 6. The molecule has 5 nitrogen and oxygen atoms in total. The van der Waals surface area contributed by atoms with Crippen molar-refractivity contribution in [3.05, 3.63) is 53.6 Å². The predicted octanol–water partition coefficient (Wildman–Crippen LogP) is 1.85. The molecule has 0 bridgehead atoms. The second-order valence-electron chi connectivity index (χ2n) is 6.41. The summed E-state index contributed by atoms with van der Waals surface area (Å²) in [7, 11) is 0. The molecular formula is C18H24FN3O2. The molecule has 0 saturated carbocycles. The van der Waals surface area contributed by atoms with Crippen molar-refractivity contribution in [3.8, 4) is 0 Å². The van der Waals surface area contributed by atoms with Gasteiger partial charge < -0.3 is 9.84 Å². The second-order valence-corrected chi connectivity index (χ2v) is 6.41. The van der Waals surface area contributed by atoms with Gasteiger partial charge in [0.15, 0.2) is 0 Å². The van der Waals surface area contributed by atoms with Crippen LogP contribution in [-0.2, 0) is 24.2 Å². The van der Waals surface area contributed by atoms with Crippen LogP contribution in [0, 0.1) is 5.82 Å². The van der Waals surface area contributed by atoms with Crippen molar-refractivity contribution >= 4 is 0 Å². The first-order valence-electron chi connectivity index (χ1n) is 8.35. The fourth-order valence-electron chi connectivity index (χ4n) is 3.26. The van der Waals surface area contributed by atoms with Crippen molar-refractivity contribution in [1.29, 1.82) is 0 Å². The van der Waals surface area contributed by atoms with Crippen LogP contribution in [0.3, 0.4) is 0 Å². The monoisotopic (exact) mass is 333 g/mol. The SMILES string of the molecule is CCn1cc(CN2CCOC(CO)(Cc3cccc(F)c3)C2)cn1. The van der Waals surface area contributed by atoms with Crippen LogP contribution in [0.25, 0.3) is 0 Å². The number of aromatic nitrogens is 2. The van der Waals surface area contributed by atoms with E-state index in [2.05, 4.69) is 16.9 Å². The van der Waals surface area contributed by atoms with Crippen molar-refractivity contribution in [2.45, 2.75) is 32.0 Å². The number of halogens is 1. The Hall–Kier alpha value is -1.76. The van der Waals surface area contributed by atoms with Crippen LogP contribution in [0.2, 0.25) is 0 Å². The van der Waals surface area contributed by atoms with Crippen LogP contribution >= 0.6 is 0 Å². The van der Waals surface area contributed by atoms with Gasteiger partial charge in [0.1, 0.15) is 11.4 Å². The van der Waals surface area contributed by atoms with E-state index >= 15 is 0 Å². The minimum atomic E-state index is -0.688. The van der Waals surface area contributed by atoms with E-state index < -0.39 is 5.60 Å². The molecule has 1 aromatic carbocycles. The molecule has 3 rings (SSSR count). The number of nitrogens with zero attached hydrogens (tertiary/aromatic N) is 3. The maximum atomic E-state index is 13.4. The van der Waals surface area contributed by atoms with Crippen molar-refractivity contribution in [2.24, 2.45) is 0 Å². The fraction of sp³-hybridized carbons (Fsp3) is 0.500. The van der Waals surface area contributed by atoms with Gasteiger partial charge >= 0.3 is 0 Å². The summed E-state index contributed by atoms with van der Waals surface area (Å²) in [6.45, 7) is 5.56. The van der Waals surface area contributed by atoms with Crippen LogP contribution in [0.1, 0.15) is 18.1 Å². The number of hydrogen-bond donors (Lipinski definition) is 1. The van der Waals surface area contributed by atoms with Gasteiger partial charge in [-0.2, -0.15) is 5.10 Å². The Morgan fingerprint density at radius 3 is 2.96 bits per heavy atom. The van der Waals surface area contributed by atoms with Gasteiger partial charge in [-0.25, -0.2) is 4.39 Å². The Morgan fingerprint density at radius 1 is 1.38 bits per heavy atom. The molecule has 0 spiro atoms. The lowest BCUT2D eigenvalue weighted by molar-refractivity contribution is -0.134. The lowest BCUT2D eigenvalue weighted by Gasteiger charge is -2.41. The largest absolute Gasteiger partial charge is 0.393 e. The highest BCUT2D eigenvalue weighted by atomic mass is 19.1. The summed E-state index contributed by atoms with van der Waals surface area (Å²) in [6, 6.07) is 6.49. The summed E-state index contributed by atoms with van der Waals surface area (Å²) >= 11 is 0. The molecule has 0 amide bonds. The van der Waals surface area contributed by atoms with E-state index in [1.165, 1.54) is 12.1 Å². The molecule has 130 valence electrons. The highest BCUT2D eigenvalue weighted by molar-refractivity contribution is 5.19. The maximum Gasteiger partial charge on any atom is 0.123 e. The van der Waals surface area contributed by atoms with Gasteiger partial charge in [0, 0.05) is 44.4 Å². The van der Waals surface area contributed by atoms with Crippen molar-refractivity contribution < 1.29 is 14.2 Å². The minimum Gasteiger partial charge on any atom is -0.393 e. The average Bonchev–Trinajstić information content (AvgIpc) is 3.03. The third-order valence-electron chi connectivity index (χ3n) is 4.45. The quantitative estimate of drug-likeness (QED) is 0.876. The van der Waals surface area contributed by atoms with Gasteiger partial charge in [-0.3, -0.25) is 9.58 Å². The molecule has 24 heavy (non-hydrogen) atoms. The number of ether oxygens (including phenoxy) is 1. The zero-order chi connectivity index (χ0) is 17.0. The molecule has 1 unspecified atom stereocenters. The minimum absolute atomic E-state index is 0.0891. The molecule has 6 heteroatoms. The second kappa shape index (κ2) is 7.42. The van der Waals surface area contributed by atoms with Gasteiger partial charge in [0.25, 0.3) is 0 Å². The summed E-state index contributed by atoms with van der Waals surface area (Å²) in [5, 5.41) is 14.2. The Balaban J connectivity index is 1.69. The molecule has 2 aromatic rings. The lowest BCUT2D eigenvalue weighted by atomic mass is 9.93. The zero-order valence-electron chi connectivity index (χ0n) is 14.0. The molecule has 0 radical (unpaired) electrons. The summed E-state index contributed by atoms with van der Waals surface area (Å²) in [4.78, 5) is 2.26. The van der Waals surface area contributed by atoms with Crippen LogP contribution in [0.5, 0.6) is 0 Å². The first-order chi connectivity index (χ1) is 11.6. The van der Waals surface area contributed by atoms with Gasteiger partial charge in [-0.1, -0.05) is 12.1 Å². The topological polar surface area (TPSA) is 50.5 Å². The van der Waals surface area contributed by atoms with E-state index in [-0.39, 0.29) is 12.4 Å². The van der Waals surface area contributed by atoms with Crippen LogP contribution < -0.4 is 0 Å². The number of morpholine rings is 1. The first kappa shape index (κ1) is 17.1. The number of hydrogen-bond acceptors (Lipinski definition) is 4. The Bertz CT molecular complexity index is 676. The molecule has 0 aliphatic carbocycles. The van der Waals surface area contributed by atoms with E-state index in [0.29, 0.717) is 19.6 Å². The number of aryl methyl sites for hydroxylation is 1. The van der Waals surface area contributed by atoms with Gasteiger partial charge in [0.2, 0.25) is 0 Å². The van der Waals surface area contributed by atoms with E-state index in [1.807, 2.05) is 23.1 Å². The molecular weight excluding hydrogens is 309 g/mol. The molecule has 1 aliphatic heterocycles. The lowest BCUT2D eigenvalue weighted by Crippen LogP contribution is -2.55. The molecule has 2 heterocycles. The number of benzene rings is 1. The maximum absolute atomic E-state index is 13.4. The van der Waals surface area contributed by atoms with Gasteiger partial charge in [-0.15, -0.1) is 0 Å². The summed E-state index contributed by atoms with van der Waals surface area (Å²) in [6.07, 6.45) is 4.42. The molecule has 1 fully saturated rings. The highest BCUT2D eigenvalue weighted by Crippen LogP contribution is 2.24. The average molecular weight is 333 g/mol. The summed E-state index contributed by atoms with van der Waals surface area (Å²) < 4.78 is 21.2. The zero-order valence-corrected chi connectivity index (χ0v) is 14.0. The normalized spacial score (nSPS) is 22.0. The van der Waals surface area contributed by atoms with Crippen LogP contribution in [0.4, 0.5) is 4.39 Å². The van der Waals surface area contributed by atoms with Gasteiger partial charge in [0.05, 0.1) is 19.4 Å². The number of aliphatic hydroxyl groups excluding tert-OH is 1. The third-order valence-corrected chi connectivity index (χ3v) is 4.45. The fourth-order valence-corrected chi connectivity index (χ4v) is 3.26.